The zero-order valence-corrected chi connectivity index (χ0v) is 15.9. The lowest BCUT2D eigenvalue weighted by Crippen LogP contribution is -2.22. The molecule has 2 N–H and O–H groups in total. The summed E-state index contributed by atoms with van der Waals surface area (Å²) < 4.78 is 1.62. The summed E-state index contributed by atoms with van der Waals surface area (Å²) in [4.78, 5) is 10.8. The monoisotopic (exact) mass is 389 g/mol. The lowest BCUT2D eigenvalue weighted by molar-refractivity contribution is -0.385. The lowest BCUT2D eigenvalue weighted by atomic mass is 10.1. The van der Waals surface area contributed by atoms with Gasteiger partial charge in [-0.25, -0.2) is 4.68 Å². The Morgan fingerprint density at radius 1 is 1.10 bits per heavy atom. The molecule has 0 saturated heterocycles. The topological polar surface area (TPSA) is 106 Å². The van der Waals surface area contributed by atoms with E-state index >= 15 is 0 Å². The third-order valence-electron chi connectivity index (χ3n) is 4.81. The van der Waals surface area contributed by atoms with E-state index in [4.69, 9.17) is 0 Å². The quantitative estimate of drug-likeness (QED) is 0.389. The molecule has 0 bridgehead atoms. The van der Waals surface area contributed by atoms with Crippen molar-refractivity contribution in [2.24, 2.45) is 0 Å². The first kappa shape index (κ1) is 18.4. The minimum absolute atomic E-state index is 0.0718. The molecule has 1 heterocycles. The van der Waals surface area contributed by atoms with Gasteiger partial charge in [-0.3, -0.25) is 10.1 Å². The van der Waals surface area contributed by atoms with Gasteiger partial charge in [0.05, 0.1) is 10.4 Å². The molecule has 4 rings (SSSR count). The number of aromatic hydroxyl groups is 1. The number of anilines is 1. The highest BCUT2D eigenvalue weighted by Gasteiger charge is 2.24. The Balaban J connectivity index is 1.90. The van der Waals surface area contributed by atoms with Crippen LogP contribution in [0.4, 0.5) is 11.4 Å². The zero-order valence-electron chi connectivity index (χ0n) is 15.9. The Bertz CT molecular complexity index is 1220. The molecule has 1 atom stereocenters. The molecule has 0 amide bonds. The summed E-state index contributed by atoms with van der Waals surface area (Å²) in [6.07, 6.45) is -0.705. The van der Waals surface area contributed by atoms with Crippen molar-refractivity contribution in [3.8, 4) is 5.75 Å². The second kappa shape index (κ2) is 7.23. The number of nitrogens with zero attached hydrogens (tertiary/aromatic N) is 4. The fraction of sp³-hybridized carbons (Fsp3) is 0.143. The van der Waals surface area contributed by atoms with Gasteiger partial charge in [-0.15, -0.1) is 5.10 Å². The summed E-state index contributed by atoms with van der Waals surface area (Å²) in [5.74, 6) is -0.0718. The van der Waals surface area contributed by atoms with Crippen molar-refractivity contribution in [1.29, 1.82) is 0 Å². The number of hydrogen-bond donors (Lipinski definition) is 2. The van der Waals surface area contributed by atoms with E-state index in [1.807, 2.05) is 56.3 Å². The van der Waals surface area contributed by atoms with Crippen molar-refractivity contribution in [2.45, 2.75) is 20.0 Å². The van der Waals surface area contributed by atoms with Crippen molar-refractivity contribution in [3.63, 3.8) is 0 Å². The lowest BCUT2D eigenvalue weighted by Gasteiger charge is -2.23. The predicted octanol–water partition coefficient (Wildman–Crippen LogP) is 4.32. The summed E-state index contributed by atoms with van der Waals surface area (Å²) in [6, 6.07) is 17.3. The molecule has 29 heavy (non-hydrogen) atoms. The Kier molecular flexibility index (Phi) is 4.59. The largest absolute Gasteiger partial charge is 0.508 e. The highest BCUT2D eigenvalue weighted by molar-refractivity contribution is 5.74. The van der Waals surface area contributed by atoms with Gasteiger partial charge in [0.15, 0.2) is 6.17 Å². The van der Waals surface area contributed by atoms with E-state index in [2.05, 4.69) is 15.6 Å². The normalized spacial score (nSPS) is 12.1. The van der Waals surface area contributed by atoms with Gasteiger partial charge in [0.2, 0.25) is 0 Å². The zero-order chi connectivity index (χ0) is 20.5. The number of fused-ring (bicyclic) bond motifs is 1. The molecular formula is C21H19N5O3. The number of nitro groups is 1. The van der Waals surface area contributed by atoms with Crippen molar-refractivity contribution >= 4 is 22.4 Å². The number of nitrogens with one attached hydrogen (secondary N) is 1. The van der Waals surface area contributed by atoms with E-state index in [9.17, 15) is 15.2 Å². The molecule has 3 aromatic carbocycles. The SMILES string of the molecule is Cc1ccc(N[C@@H](c2cc([N+](=O)[O-])ccc2O)n2nnc3ccccc32)c(C)c1. The van der Waals surface area contributed by atoms with Crippen molar-refractivity contribution < 1.29 is 10.0 Å². The maximum absolute atomic E-state index is 11.3. The first-order chi connectivity index (χ1) is 13.9. The maximum atomic E-state index is 11.3. The summed E-state index contributed by atoms with van der Waals surface area (Å²) in [5, 5.41) is 33.6. The molecule has 8 heteroatoms. The second-order valence-corrected chi connectivity index (χ2v) is 6.89. The van der Waals surface area contributed by atoms with Gasteiger partial charge in [0, 0.05) is 23.4 Å². The molecule has 146 valence electrons. The molecule has 1 aromatic heterocycles. The van der Waals surface area contributed by atoms with Gasteiger partial charge in [0.25, 0.3) is 5.69 Å². The molecule has 0 radical (unpaired) electrons. The summed E-state index contributed by atoms with van der Waals surface area (Å²) >= 11 is 0. The molecular weight excluding hydrogens is 370 g/mol. The molecule has 0 spiro atoms. The number of benzene rings is 3. The average molecular weight is 389 g/mol. The standard InChI is InChI=1S/C21H19N5O3/c1-13-7-9-17(14(2)11-13)22-21(16-12-15(26(28)29)8-10-20(16)27)25-19-6-4-3-5-18(19)23-24-25/h3-12,21-22,27H,1-2H3/t21-/m1/s1. The first-order valence-corrected chi connectivity index (χ1v) is 9.05. The summed E-state index contributed by atoms with van der Waals surface area (Å²) in [5.41, 5.74) is 4.58. The molecule has 8 nitrogen and oxygen atoms in total. The molecule has 4 aromatic rings. The fourth-order valence-electron chi connectivity index (χ4n) is 3.35. The van der Waals surface area contributed by atoms with Gasteiger partial charge in [-0.1, -0.05) is 35.0 Å². The highest BCUT2D eigenvalue weighted by Crippen LogP contribution is 2.33. The Labute approximate surface area is 166 Å². The molecule has 0 fully saturated rings. The van der Waals surface area contributed by atoms with Crippen LogP contribution < -0.4 is 5.32 Å². The number of phenolic OH excluding ortho intramolecular Hbond substituents is 1. The van der Waals surface area contributed by atoms with Crippen LogP contribution in [0.5, 0.6) is 5.75 Å². The van der Waals surface area contributed by atoms with Gasteiger partial charge < -0.3 is 10.4 Å². The Morgan fingerprint density at radius 2 is 1.90 bits per heavy atom. The number of non-ortho nitro benzene ring substituents is 1. The van der Waals surface area contributed by atoms with E-state index in [0.717, 1.165) is 22.3 Å². The van der Waals surface area contributed by atoms with Crippen LogP contribution in [-0.4, -0.2) is 25.0 Å². The Morgan fingerprint density at radius 3 is 2.66 bits per heavy atom. The van der Waals surface area contributed by atoms with Gasteiger partial charge in [-0.05, 0) is 43.7 Å². The van der Waals surface area contributed by atoms with Crippen molar-refractivity contribution in [1.82, 2.24) is 15.0 Å². The number of para-hydroxylation sites is 1. The number of hydrogen-bond acceptors (Lipinski definition) is 6. The van der Waals surface area contributed by atoms with Crippen LogP contribution in [0.3, 0.4) is 0 Å². The third kappa shape index (κ3) is 3.47. The van der Waals surface area contributed by atoms with Crippen LogP contribution in [0.2, 0.25) is 0 Å². The maximum Gasteiger partial charge on any atom is 0.270 e. The van der Waals surface area contributed by atoms with Crippen LogP contribution in [0, 0.1) is 24.0 Å². The van der Waals surface area contributed by atoms with Crippen molar-refractivity contribution in [2.75, 3.05) is 5.32 Å². The van der Waals surface area contributed by atoms with E-state index in [1.54, 1.807) is 4.68 Å². The first-order valence-electron chi connectivity index (χ1n) is 9.05. The summed E-state index contributed by atoms with van der Waals surface area (Å²) in [7, 11) is 0. The number of aromatic nitrogens is 3. The average Bonchev–Trinajstić information content (AvgIpc) is 3.12. The van der Waals surface area contributed by atoms with E-state index in [0.29, 0.717) is 11.1 Å². The van der Waals surface area contributed by atoms with Crippen LogP contribution in [-0.2, 0) is 0 Å². The number of aryl methyl sites for hydroxylation is 2. The van der Waals surface area contributed by atoms with E-state index in [1.165, 1.54) is 18.2 Å². The summed E-state index contributed by atoms with van der Waals surface area (Å²) in [6.45, 7) is 3.98. The number of rotatable bonds is 5. The highest BCUT2D eigenvalue weighted by atomic mass is 16.6. The predicted molar refractivity (Wildman–Crippen MR) is 110 cm³/mol. The molecule has 0 aliphatic rings. The van der Waals surface area contributed by atoms with Crippen LogP contribution in [0.15, 0.2) is 60.7 Å². The smallest absolute Gasteiger partial charge is 0.270 e. The van der Waals surface area contributed by atoms with Gasteiger partial charge >= 0.3 is 0 Å². The van der Waals surface area contributed by atoms with Crippen molar-refractivity contribution in [3.05, 3.63) is 87.5 Å². The fourth-order valence-corrected chi connectivity index (χ4v) is 3.35. The molecule has 0 aliphatic heterocycles. The molecule has 0 aliphatic carbocycles. The minimum atomic E-state index is -0.705. The van der Waals surface area contributed by atoms with Gasteiger partial charge in [-0.2, -0.15) is 0 Å². The van der Waals surface area contributed by atoms with Crippen LogP contribution >= 0.6 is 0 Å². The Hall–Kier alpha value is -3.94. The van der Waals surface area contributed by atoms with Crippen LogP contribution in [0.1, 0.15) is 22.9 Å². The molecule has 0 unspecified atom stereocenters. The number of nitro benzene ring substituents is 1. The minimum Gasteiger partial charge on any atom is -0.508 e. The van der Waals surface area contributed by atoms with Crippen LogP contribution in [0.25, 0.3) is 11.0 Å². The number of phenols is 1. The third-order valence-corrected chi connectivity index (χ3v) is 4.81. The van der Waals surface area contributed by atoms with Gasteiger partial charge in [0.1, 0.15) is 11.3 Å². The van der Waals surface area contributed by atoms with E-state index < -0.39 is 11.1 Å². The molecule has 0 saturated carbocycles. The van der Waals surface area contributed by atoms with E-state index in [-0.39, 0.29) is 11.4 Å². The second-order valence-electron chi connectivity index (χ2n) is 6.89.